The third-order valence-electron chi connectivity index (χ3n) is 2.67. The van der Waals surface area contributed by atoms with E-state index in [1.165, 1.54) is 18.2 Å². The number of nitro groups is 1. The van der Waals surface area contributed by atoms with Crippen LogP contribution in [0.2, 0.25) is 0 Å². The van der Waals surface area contributed by atoms with Gasteiger partial charge in [-0.25, -0.2) is 0 Å². The summed E-state index contributed by atoms with van der Waals surface area (Å²) in [7, 11) is 1.57. The van der Waals surface area contributed by atoms with E-state index in [-0.39, 0.29) is 17.6 Å². The lowest BCUT2D eigenvalue weighted by molar-refractivity contribution is -0.383. The van der Waals surface area contributed by atoms with Crippen LogP contribution in [0.15, 0.2) is 18.2 Å². The Morgan fingerprint density at radius 1 is 1.50 bits per heavy atom. The second kappa shape index (κ2) is 7.44. The molecule has 0 heterocycles. The number of hydrogen-bond acceptors (Lipinski definition) is 5. The predicted octanol–water partition coefficient (Wildman–Crippen LogP) is 1.79. The number of anilines is 1. The van der Waals surface area contributed by atoms with Gasteiger partial charge in [0, 0.05) is 31.3 Å². The third kappa shape index (κ3) is 4.20. The Morgan fingerprint density at radius 2 is 2.20 bits per heavy atom. The van der Waals surface area contributed by atoms with E-state index in [2.05, 4.69) is 10.6 Å². The molecule has 1 unspecified atom stereocenters. The molecule has 7 nitrogen and oxygen atoms in total. The fraction of sp³-hybridized carbons (Fsp3) is 0.462. The molecule has 1 aromatic carbocycles. The van der Waals surface area contributed by atoms with Gasteiger partial charge in [0.2, 0.25) is 0 Å². The quantitative estimate of drug-likeness (QED) is 0.587. The van der Waals surface area contributed by atoms with Crippen molar-refractivity contribution in [1.29, 1.82) is 0 Å². The van der Waals surface area contributed by atoms with Gasteiger partial charge in [-0.2, -0.15) is 0 Å². The molecule has 0 fully saturated rings. The number of nitrogens with zero attached hydrogens (tertiary/aromatic N) is 1. The van der Waals surface area contributed by atoms with E-state index in [1.807, 2.05) is 13.8 Å². The van der Waals surface area contributed by atoms with Gasteiger partial charge in [-0.05, 0) is 26.0 Å². The van der Waals surface area contributed by atoms with Crippen LogP contribution in [-0.2, 0) is 4.74 Å². The molecule has 0 spiro atoms. The van der Waals surface area contributed by atoms with Gasteiger partial charge in [-0.3, -0.25) is 14.9 Å². The summed E-state index contributed by atoms with van der Waals surface area (Å²) in [5.74, 6) is -0.288. The standard InChI is InChI=1S/C13H19N3O4/c1-4-20-8-9(2)15-13(17)10-5-6-12(16(18)19)11(7-10)14-3/h5-7,9,14H,4,8H2,1-3H3,(H,15,17). The summed E-state index contributed by atoms with van der Waals surface area (Å²) in [6.07, 6.45) is 0. The number of carbonyl (C=O) groups is 1. The maximum Gasteiger partial charge on any atom is 0.292 e. The van der Waals surface area contributed by atoms with Gasteiger partial charge >= 0.3 is 0 Å². The molecule has 0 aromatic heterocycles. The smallest absolute Gasteiger partial charge is 0.292 e. The zero-order valence-electron chi connectivity index (χ0n) is 11.8. The summed E-state index contributed by atoms with van der Waals surface area (Å²) in [5.41, 5.74) is 0.606. The van der Waals surface area contributed by atoms with Crippen LogP contribution in [-0.4, -0.2) is 37.1 Å². The highest BCUT2D eigenvalue weighted by Crippen LogP contribution is 2.24. The molecule has 0 aliphatic heterocycles. The first-order valence-corrected chi connectivity index (χ1v) is 6.34. The van der Waals surface area contributed by atoms with Crippen molar-refractivity contribution in [3.8, 4) is 0 Å². The largest absolute Gasteiger partial charge is 0.383 e. The number of rotatable bonds is 7. The molecule has 0 saturated carbocycles. The van der Waals surface area contributed by atoms with Gasteiger partial charge in [0.15, 0.2) is 0 Å². The van der Waals surface area contributed by atoms with E-state index < -0.39 is 4.92 Å². The highest BCUT2D eigenvalue weighted by atomic mass is 16.6. The summed E-state index contributed by atoms with van der Waals surface area (Å²) in [6.45, 7) is 4.72. The highest BCUT2D eigenvalue weighted by Gasteiger charge is 2.16. The second-order valence-electron chi connectivity index (χ2n) is 4.27. The molecular weight excluding hydrogens is 262 g/mol. The Morgan fingerprint density at radius 3 is 2.75 bits per heavy atom. The number of ether oxygens (including phenoxy) is 1. The number of hydrogen-bond donors (Lipinski definition) is 2. The third-order valence-corrected chi connectivity index (χ3v) is 2.67. The molecule has 0 aliphatic rings. The van der Waals surface area contributed by atoms with E-state index in [4.69, 9.17) is 4.74 Å². The minimum Gasteiger partial charge on any atom is -0.383 e. The van der Waals surface area contributed by atoms with Crippen LogP contribution in [0, 0.1) is 10.1 Å². The van der Waals surface area contributed by atoms with Crippen molar-refractivity contribution in [2.45, 2.75) is 19.9 Å². The summed E-state index contributed by atoms with van der Waals surface area (Å²) < 4.78 is 5.21. The van der Waals surface area contributed by atoms with E-state index >= 15 is 0 Å². The van der Waals surface area contributed by atoms with Gasteiger partial charge in [0.25, 0.3) is 11.6 Å². The molecule has 0 aliphatic carbocycles. The van der Waals surface area contributed by atoms with Crippen molar-refractivity contribution >= 4 is 17.3 Å². The Kier molecular flexibility index (Phi) is 5.92. The molecule has 1 amide bonds. The van der Waals surface area contributed by atoms with Gasteiger partial charge in [-0.15, -0.1) is 0 Å². The molecule has 110 valence electrons. The van der Waals surface area contributed by atoms with Crippen LogP contribution in [0.1, 0.15) is 24.2 Å². The summed E-state index contributed by atoms with van der Waals surface area (Å²) in [5, 5.41) is 16.3. The van der Waals surface area contributed by atoms with E-state index in [1.54, 1.807) is 7.05 Å². The SMILES string of the molecule is CCOCC(C)NC(=O)c1ccc([N+](=O)[O-])c(NC)c1. The Balaban J connectivity index is 2.81. The molecule has 1 atom stereocenters. The molecule has 1 aromatic rings. The lowest BCUT2D eigenvalue weighted by Gasteiger charge is -2.14. The zero-order chi connectivity index (χ0) is 15.1. The van der Waals surface area contributed by atoms with E-state index in [0.29, 0.717) is 24.5 Å². The molecule has 20 heavy (non-hydrogen) atoms. The van der Waals surface area contributed by atoms with Gasteiger partial charge in [0.1, 0.15) is 5.69 Å². The number of benzene rings is 1. The zero-order valence-corrected chi connectivity index (χ0v) is 11.8. The maximum absolute atomic E-state index is 12.0. The van der Waals surface area contributed by atoms with E-state index in [0.717, 1.165) is 0 Å². The highest BCUT2D eigenvalue weighted by molar-refractivity contribution is 5.96. The molecule has 0 saturated heterocycles. The molecule has 1 rings (SSSR count). The molecule has 0 bridgehead atoms. The first-order valence-electron chi connectivity index (χ1n) is 6.34. The van der Waals surface area contributed by atoms with Crippen molar-refractivity contribution < 1.29 is 14.5 Å². The van der Waals surface area contributed by atoms with Crippen LogP contribution in [0.4, 0.5) is 11.4 Å². The summed E-state index contributed by atoms with van der Waals surface area (Å²) >= 11 is 0. The van der Waals surface area contributed by atoms with Crippen molar-refractivity contribution in [3.05, 3.63) is 33.9 Å². The van der Waals surface area contributed by atoms with Crippen molar-refractivity contribution in [3.63, 3.8) is 0 Å². The Bertz CT molecular complexity index is 491. The number of amides is 1. The van der Waals surface area contributed by atoms with E-state index in [9.17, 15) is 14.9 Å². The molecule has 7 heteroatoms. The minimum atomic E-state index is -0.495. The maximum atomic E-state index is 12.0. The molecule has 2 N–H and O–H groups in total. The van der Waals surface area contributed by atoms with Crippen LogP contribution in [0.5, 0.6) is 0 Å². The number of nitrogens with one attached hydrogen (secondary N) is 2. The molecule has 0 radical (unpaired) electrons. The van der Waals surface area contributed by atoms with Crippen molar-refractivity contribution in [2.24, 2.45) is 0 Å². The lowest BCUT2D eigenvalue weighted by Crippen LogP contribution is -2.35. The second-order valence-corrected chi connectivity index (χ2v) is 4.27. The van der Waals surface area contributed by atoms with Gasteiger partial charge < -0.3 is 15.4 Å². The average molecular weight is 281 g/mol. The van der Waals surface area contributed by atoms with Crippen LogP contribution >= 0.6 is 0 Å². The number of nitro benzene ring substituents is 1. The number of carbonyl (C=O) groups excluding carboxylic acids is 1. The van der Waals surface area contributed by atoms with Crippen LogP contribution < -0.4 is 10.6 Å². The van der Waals surface area contributed by atoms with Crippen molar-refractivity contribution in [2.75, 3.05) is 25.6 Å². The average Bonchev–Trinajstić information content (AvgIpc) is 2.44. The van der Waals surface area contributed by atoms with Crippen LogP contribution in [0.3, 0.4) is 0 Å². The van der Waals surface area contributed by atoms with Gasteiger partial charge in [-0.1, -0.05) is 0 Å². The Hall–Kier alpha value is -2.15. The normalized spacial score (nSPS) is 11.8. The first kappa shape index (κ1) is 15.9. The predicted molar refractivity (Wildman–Crippen MR) is 76.1 cm³/mol. The fourth-order valence-corrected chi connectivity index (χ4v) is 1.68. The lowest BCUT2D eigenvalue weighted by atomic mass is 10.1. The summed E-state index contributed by atoms with van der Waals surface area (Å²) in [6, 6.07) is 4.08. The molecular formula is C13H19N3O4. The topological polar surface area (TPSA) is 93.5 Å². The minimum absolute atomic E-state index is 0.0635. The Labute approximate surface area is 117 Å². The fourth-order valence-electron chi connectivity index (χ4n) is 1.68. The first-order chi connectivity index (χ1) is 9.49. The van der Waals surface area contributed by atoms with Crippen molar-refractivity contribution in [1.82, 2.24) is 5.32 Å². The van der Waals surface area contributed by atoms with Crippen LogP contribution in [0.25, 0.3) is 0 Å². The van der Waals surface area contributed by atoms with Gasteiger partial charge in [0.05, 0.1) is 11.5 Å². The summed E-state index contributed by atoms with van der Waals surface area (Å²) in [4.78, 5) is 22.3. The monoisotopic (exact) mass is 281 g/mol.